The van der Waals surface area contributed by atoms with Crippen LogP contribution in [0.15, 0.2) is 48.5 Å². The Morgan fingerprint density at radius 3 is 2.54 bits per heavy atom. The Labute approximate surface area is 156 Å². The molecule has 0 radical (unpaired) electrons. The number of hydrogen-bond acceptors (Lipinski definition) is 4. The van der Waals surface area contributed by atoms with E-state index >= 15 is 0 Å². The Bertz CT molecular complexity index is 892. The molecule has 0 aliphatic carbocycles. The topological polar surface area (TPSA) is 54.9 Å². The zero-order chi connectivity index (χ0) is 18.5. The van der Waals surface area contributed by atoms with Crippen LogP contribution in [0.2, 0.25) is 0 Å². The Morgan fingerprint density at radius 2 is 1.88 bits per heavy atom. The molecular formula is C20H20FN3OS. The smallest absolute Gasteiger partial charge is 0.217 e. The molecule has 0 saturated heterocycles. The van der Waals surface area contributed by atoms with Crippen LogP contribution in [-0.2, 0) is 17.6 Å². The highest BCUT2D eigenvalue weighted by atomic mass is 32.1. The van der Waals surface area contributed by atoms with E-state index < -0.39 is 0 Å². The maximum atomic E-state index is 13.4. The van der Waals surface area contributed by atoms with Gasteiger partial charge in [0.25, 0.3) is 0 Å². The molecule has 1 heterocycles. The number of nitrogens with zero attached hydrogens (tertiary/aromatic N) is 2. The van der Waals surface area contributed by atoms with Gasteiger partial charge >= 0.3 is 0 Å². The number of aryl methyl sites for hydroxylation is 1. The number of carbonyl (C=O) groups is 1. The van der Waals surface area contributed by atoms with Crippen LogP contribution in [0, 0.1) is 5.82 Å². The van der Waals surface area contributed by atoms with Gasteiger partial charge in [0.1, 0.15) is 15.8 Å². The summed E-state index contributed by atoms with van der Waals surface area (Å²) in [6.07, 6.45) is 1.62. The second-order valence-corrected chi connectivity index (χ2v) is 7.09. The first-order valence-corrected chi connectivity index (χ1v) is 9.31. The standard InChI is InChI=1S/C20H20FN3OS/c1-3-14-7-9-15(10-8-14)11-18(22-13(2)25)20-24-23-19(26-20)16-5-4-6-17(21)12-16/h4-10,12,18H,3,11H2,1-2H3,(H,22,25). The van der Waals surface area contributed by atoms with Crippen LogP contribution >= 0.6 is 11.3 Å². The van der Waals surface area contributed by atoms with E-state index in [1.807, 2.05) is 0 Å². The van der Waals surface area contributed by atoms with Gasteiger partial charge in [-0.05, 0) is 36.1 Å². The molecule has 1 unspecified atom stereocenters. The Kier molecular flexibility index (Phi) is 5.73. The van der Waals surface area contributed by atoms with Gasteiger partial charge in [0, 0.05) is 12.5 Å². The van der Waals surface area contributed by atoms with Crippen molar-refractivity contribution in [1.82, 2.24) is 15.5 Å². The minimum absolute atomic E-state index is 0.123. The average molecular weight is 369 g/mol. The van der Waals surface area contributed by atoms with E-state index in [-0.39, 0.29) is 17.8 Å². The second kappa shape index (κ2) is 8.19. The van der Waals surface area contributed by atoms with Gasteiger partial charge in [-0.1, -0.05) is 54.7 Å². The molecule has 2 aromatic carbocycles. The van der Waals surface area contributed by atoms with Gasteiger partial charge in [-0.2, -0.15) is 0 Å². The minimum Gasteiger partial charge on any atom is -0.347 e. The van der Waals surface area contributed by atoms with Crippen molar-refractivity contribution < 1.29 is 9.18 Å². The molecule has 6 heteroatoms. The van der Waals surface area contributed by atoms with Gasteiger partial charge in [0.2, 0.25) is 5.91 Å². The quantitative estimate of drug-likeness (QED) is 0.704. The lowest BCUT2D eigenvalue weighted by Crippen LogP contribution is -2.27. The van der Waals surface area contributed by atoms with Crippen molar-refractivity contribution >= 4 is 17.2 Å². The molecule has 0 fully saturated rings. The van der Waals surface area contributed by atoms with E-state index in [0.717, 1.165) is 12.0 Å². The van der Waals surface area contributed by atoms with Crippen molar-refractivity contribution in [3.63, 3.8) is 0 Å². The average Bonchev–Trinajstić information content (AvgIpc) is 3.11. The molecule has 0 saturated carbocycles. The fourth-order valence-electron chi connectivity index (χ4n) is 2.71. The summed E-state index contributed by atoms with van der Waals surface area (Å²) in [5, 5.41) is 12.7. The SMILES string of the molecule is CCc1ccc(CC(NC(C)=O)c2nnc(-c3cccc(F)c3)s2)cc1. The molecule has 0 spiro atoms. The van der Waals surface area contributed by atoms with Crippen molar-refractivity contribution in [3.05, 3.63) is 70.5 Å². The van der Waals surface area contributed by atoms with Gasteiger partial charge in [0.15, 0.2) is 0 Å². The lowest BCUT2D eigenvalue weighted by molar-refractivity contribution is -0.119. The van der Waals surface area contributed by atoms with Crippen molar-refractivity contribution in [2.75, 3.05) is 0 Å². The Morgan fingerprint density at radius 1 is 1.15 bits per heavy atom. The normalized spacial score (nSPS) is 12.0. The molecular weight excluding hydrogens is 349 g/mol. The predicted molar refractivity (Wildman–Crippen MR) is 101 cm³/mol. The van der Waals surface area contributed by atoms with Gasteiger partial charge in [-0.3, -0.25) is 4.79 Å². The highest BCUT2D eigenvalue weighted by molar-refractivity contribution is 7.14. The summed E-state index contributed by atoms with van der Waals surface area (Å²) in [6.45, 7) is 3.60. The molecule has 134 valence electrons. The predicted octanol–water partition coefficient (Wildman–Crippen LogP) is 4.33. The van der Waals surface area contributed by atoms with Crippen LogP contribution in [0.5, 0.6) is 0 Å². The molecule has 0 aliphatic heterocycles. The van der Waals surface area contributed by atoms with Crippen LogP contribution in [0.3, 0.4) is 0 Å². The monoisotopic (exact) mass is 369 g/mol. The van der Waals surface area contributed by atoms with Crippen molar-refractivity contribution in [2.45, 2.75) is 32.7 Å². The summed E-state index contributed by atoms with van der Waals surface area (Å²) in [4.78, 5) is 11.6. The number of benzene rings is 2. The molecule has 1 N–H and O–H groups in total. The zero-order valence-electron chi connectivity index (χ0n) is 14.7. The lowest BCUT2D eigenvalue weighted by Gasteiger charge is -2.15. The van der Waals surface area contributed by atoms with Crippen LogP contribution in [-0.4, -0.2) is 16.1 Å². The number of nitrogens with one attached hydrogen (secondary N) is 1. The van der Waals surface area contributed by atoms with Crippen molar-refractivity contribution in [1.29, 1.82) is 0 Å². The molecule has 3 aromatic rings. The highest BCUT2D eigenvalue weighted by Gasteiger charge is 2.19. The summed E-state index contributed by atoms with van der Waals surface area (Å²) in [5.74, 6) is -0.434. The molecule has 26 heavy (non-hydrogen) atoms. The Balaban J connectivity index is 1.84. The van der Waals surface area contributed by atoms with Crippen LogP contribution in [0.1, 0.15) is 36.0 Å². The number of hydrogen-bond donors (Lipinski definition) is 1. The van der Waals surface area contributed by atoms with Crippen molar-refractivity contribution in [3.8, 4) is 10.6 Å². The lowest BCUT2D eigenvalue weighted by atomic mass is 10.0. The van der Waals surface area contributed by atoms with E-state index in [2.05, 4.69) is 46.7 Å². The summed E-state index contributed by atoms with van der Waals surface area (Å²) < 4.78 is 13.4. The summed E-state index contributed by atoms with van der Waals surface area (Å²) in [6, 6.07) is 14.3. The number of halogens is 1. The largest absolute Gasteiger partial charge is 0.347 e. The molecule has 4 nitrogen and oxygen atoms in total. The maximum absolute atomic E-state index is 13.4. The number of carbonyl (C=O) groups excluding carboxylic acids is 1. The molecule has 0 bridgehead atoms. The first-order chi connectivity index (χ1) is 12.5. The Hall–Kier alpha value is -2.60. The summed E-state index contributed by atoms with van der Waals surface area (Å²) >= 11 is 1.37. The second-order valence-electron chi connectivity index (χ2n) is 6.08. The van der Waals surface area contributed by atoms with Crippen LogP contribution in [0.25, 0.3) is 10.6 Å². The van der Waals surface area contributed by atoms with E-state index in [9.17, 15) is 9.18 Å². The van der Waals surface area contributed by atoms with Crippen molar-refractivity contribution in [2.24, 2.45) is 0 Å². The van der Waals surface area contributed by atoms with E-state index in [4.69, 9.17) is 0 Å². The number of amides is 1. The minimum atomic E-state index is -0.311. The molecule has 0 aliphatic rings. The molecule has 1 amide bonds. The van der Waals surface area contributed by atoms with Gasteiger partial charge < -0.3 is 5.32 Å². The summed E-state index contributed by atoms with van der Waals surface area (Å²) in [7, 11) is 0. The van der Waals surface area contributed by atoms with Crippen LogP contribution in [0.4, 0.5) is 4.39 Å². The van der Waals surface area contributed by atoms with E-state index in [1.165, 1.54) is 36.0 Å². The maximum Gasteiger partial charge on any atom is 0.217 e. The first-order valence-electron chi connectivity index (χ1n) is 8.49. The van der Waals surface area contributed by atoms with E-state index in [1.54, 1.807) is 12.1 Å². The third kappa shape index (κ3) is 4.52. The summed E-state index contributed by atoms with van der Waals surface area (Å²) in [5.41, 5.74) is 3.07. The van der Waals surface area contributed by atoms with Gasteiger partial charge in [-0.25, -0.2) is 4.39 Å². The third-order valence-electron chi connectivity index (χ3n) is 4.06. The first kappa shape index (κ1) is 18.2. The number of aromatic nitrogens is 2. The van der Waals surface area contributed by atoms with Gasteiger partial charge in [0.05, 0.1) is 6.04 Å². The molecule has 1 atom stereocenters. The fourth-order valence-corrected chi connectivity index (χ4v) is 3.60. The van der Waals surface area contributed by atoms with Crippen LogP contribution < -0.4 is 5.32 Å². The van der Waals surface area contributed by atoms with Gasteiger partial charge in [-0.15, -0.1) is 10.2 Å². The fraction of sp³-hybridized carbons (Fsp3) is 0.250. The molecule has 3 rings (SSSR count). The highest BCUT2D eigenvalue weighted by Crippen LogP contribution is 2.29. The third-order valence-corrected chi connectivity index (χ3v) is 5.14. The molecule has 1 aromatic heterocycles. The number of rotatable bonds is 6. The van der Waals surface area contributed by atoms with E-state index in [0.29, 0.717) is 22.0 Å². The zero-order valence-corrected chi connectivity index (χ0v) is 15.5.